The zero-order valence-corrected chi connectivity index (χ0v) is 16.8. The van der Waals surface area contributed by atoms with E-state index in [1.807, 2.05) is 41.9 Å². The smallest absolute Gasteiger partial charge is 0.251 e. The van der Waals surface area contributed by atoms with Crippen molar-refractivity contribution in [2.45, 2.75) is 38.5 Å². The van der Waals surface area contributed by atoms with Gasteiger partial charge >= 0.3 is 0 Å². The average molecular weight is 401 g/mol. The molecular weight excluding hydrogens is 378 g/mol. The summed E-state index contributed by atoms with van der Waals surface area (Å²) in [5.74, 6) is 3.06. The number of nitrogens with zero attached hydrogens (tertiary/aromatic N) is 4. The number of hydrogen-bond donors (Lipinski definition) is 1. The number of amides is 1. The zero-order valence-electron chi connectivity index (χ0n) is 16.8. The van der Waals surface area contributed by atoms with E-state index < -0.39 is 5.66 Å². The second kappa shape index (κ2) is 8.37. The largest absolute Gasteiger partial charge is 0.487 e. The van der Waals surface area contributed by atoms with E-state index in [2.05, 4.69) is 26.4 Å². The van der Waals surface area contributed by atoms with E-state index in [0.717, 1.165) is 23.3 Å². The van der Waals surface area contributed by atoms with Gasteiger partial charge in [-0.05, 0) is 36.8 Å². The van der Waals surface area contributed by atoms with Crippen LogP contribution in [-0.2, 0) is 6.61 Å². The van der Waals surface area contributed by atoms with Crippen molar-refractivity contribution in [1.82, 2.24) is 14.7 Å². The minimum Gasteiger partial charge on any atom is -0.487 e. The number of carbonyl (C=O) groups is 1. The summed E-state index contributed by atoms with van der Waals surface area (Å²) in [4.78, 5) is 17.0. The molecule has 4 rings (SSSR count). The van der Waals surface area contributed by atoms with Gasteiger partial charge in [-0.25, -0.2) is 4.98 Å². The summed E-state index contributed by atoms with van der Waals surface area (Å²) in [5.41, 5.74) is 3.01. The van der Waals surface area contributed by atoms with Crippen molar-refractivity contribution in [2.24, 2.45) is 10.2 Å². The number of ether oxygens (including phenoxy) is 1. The van der Waals surface area contributed by atoms with Gasteiger partial charge in [0.05, 0.1) is 5.69 Å². The Morgan fingerprint density at radius 2 is 2.10 bits per heavy atom. The summed E-state index contributed by atoms with van der Waals surface area (Å²) in [5, 5.41) is 11.1. The molecule has 152 valence electrons. The van der Waals surface area contributed by atoms with Crippen molar-refractivity contribution in [3.05, 3.63) is 65.6 Å². The van der Waals surface area contributed by atoms with Gasteiger partial charge in [0.15, 0.2) is 5.66 Å². The van der Waals surface area contributed by atoms with Gasteiger partial charge in [0.1, 0.15) is 18.0 Å². The quantitative estimate of drug-likeness (QED) is 0.552. The number of aromatic nitrogens is 2. The number of fused-ring (bicyclic) bond motifs is 1. The van der Waals surface area contributed by atoms with Crippen LogP contribution < -0.4 is 10.1 Å². The predicted octanol–water partition coefficient (Wildman–Crippen LogP) is 3.92. The minimum absolute atomic E-state index is 0.156. The SMILES string of the molecule is C#CCCC1(CCNC(=O)c2cccc(OCc3cn4cc(C)ccc4n3)c2)N=N1. The Hall–Kier alpha value is -3.66. The number of benzene rings is 1. The van der Waals surface area contributed by atoms with Crippen LogP contribution >= 0.6 is 0 Å². The summed E-state index contributed by atoms with van der Waals surface area (Å²) in [6, 6.07) is 11.1. The van der Waals surface area contributed by atoms with Crippen molar-refractivity contribution < 1.29 is 9.53 Å². The van der Waals surface area contributed by atoms with E-state index >= 15 is 0 Å². The van der Waals surface area contributed by atoms with Gasteiger partial charge in [0.25, 0.3) is 5.91 Å². The van der Waals surface area contributed by atoms with Crippen LogP contribution in [0.15, 0.2) is 59.0 Å². The minimum atomic E-state index is -0.392. The molecule has 0 fully saturated rings. The lowest BCUT2D eigenvalue weighted by Gasteiger charge is -2.10. The molecule has 0 unspecified atom stereocenters. The molecule has 1 amide bonds. The molecule has 1 aliphatic rings. The molecule has 3 heterocycles. The Kier molecular flexibility index (Phi) is 5.48. The summed E-state index contributed by atoms with van der Waals surface area (Å²) in [7, 11) is 0. The first-order valence-electron chi connectivity index (χ1n) is 9.90. The summed E-state index contributed by atoms with van der Waals surface area (Å²) in [6.07, 6.45) is 11.3. The van der Waals surface area contributed by atoms with Crippen molar-refractivity contribution in [3.63, 3.8) is 0 Å². The highest BCUT2D eigenvalue weighted by Gasteiger charge is 2.38. The van der Waals surface area contributed by atoms with E-state index in [1.54, 1.807) is 18.2 Å². The summed E-state index contributed by atoms with van der Waals surface area (Å²) < 4.78 is 7.83. The van der Waals surface area contributed by atoms with Crippen LogP contribution in [0.1, 0.15) is 40.9 Å². The van der Waals surface area contributed by atoms with Crippen LogP contribution in [0.4, 0.5) is 0 Å². The van der Waals surface area contributed by atoms with Gasteiger partial charge in [-0.3, -0.25) is 4.79 Å². The number of aryl methyl sites for hydroxylation is 1. The van der Waals surface area contributed by atoms with Crippen LogP contribution in [-0.4, -0.2) is 27.5 Å². The van der Waals surface area contributed by atoms with Crippen molar-refractivity contribution in [3.8, 4) is 18.1 Å². The molecule has 0 aliphatic carbocycles. The molecule has 1 N–H and O–H groups in total. The molecule has 7 heteroatoms. The second-order valence-corrected chi connectivity index (χ2v) is 7.41. The highest BCUT2D eigenvalue weighted by atomic mass is 16.5. The highest BCUT2D eigenvalue weighted by molar-refractivity contribution is 5.94. The van der Waals surface area contributed by atoms with Gasteiger partial charge in [-0.15, -0.1) is 12.3 Å². The molecule has 0 spiro atoms. The first-order valence-corrected chi connectivity index (χ1v) is 9.90. The van der Waals surface area contributed by atoms with Crippen molar-refractivity contribution in [1.29, 1.82) is 0 Å². The van der Waals surface area contributed by atoms with Crippen LogP contribution in [0.2, 0.25) is 0 Å². The second-order valence-electron chi connectivity index (χ2n) is 7.41. The van der Waals surface area contributed by atoms with Gasteiger partial charge in [0.2, 0.25) is 0 Å². The van der Waals surface area contributed by atoms with Crippen LogP contribution in [0.5, 0.6) is 5.75 Å². The molecular formula is C23H23N5O2. The standard InChI is InChI=1S/C23H23N5O2/c1-3-4-10-23(26-27-23)11-12-24-22(29)18-6-5-7-20(13-18)30-16-19-15-28-14-17(2)8-9-21(28)25-19/h1,5-9,13-15H,4,10-12,16H2,2H3,(H,24,29). The number of hydrogen-bond acceptors (Lipinski definition) is 5. The first kappa shape index (κ1) is 19.6. The number of pyridine rings is 1. The van der Waals surface area contributed by atoms with E-state index in [1.165, 1.54) is 0 Å². The maximum Gasteiger partial charge on any atom is 0.251 e. The predicted molar refractivity (Wildman–Crippen MR) is 113 cm³/mol. The van der Waals surface area contributed by atoms with Crippen molar-refractivity contribution >= 4 is 11.6 Å². The fourth-order valence-corrected chi connectivity index (χ4v) is 3.26. The third-order valence-corrected chi connectivity index (χ3v) is 5.00. The number of terminal acetylenes is 1. The lowest BCUT2D eigenvalue weighted by atomic mass is 10.0. The van der Waals surface area contributed by atoms with Crippen LogP contribution in [0.25, 0.3) is 5.65 Å². The van der Waals surface area contributed by atoms with E-state index in [-0.39, 0.29) is 5.91 Å². The molecule has 0 radical (unpaired) electrons. The highest BCUT2D eigenvalue weighted by Crippen LogP contribution is 2.36. The molecule has 30 heavy (non-hydrogen) atoms. The molecule has 3 aromatic rings. The average Bonchev–Trinajstić information content (AvgIpc) is 3.40. The monoisotopic (exact) mass is 401 g/mol. The molecule has 1 aliphatic heterocycles. The van der Waals surface area contributed by atoms with E-state index in [0.29, 0.717) is 37.3 Å². The Bertz CT molecular complexity index is 1140. The summed E-state index contributed by atoms with van der Waals surface area (Å²) >= 11 is 0. The molecule has 0 atom stereocenters. The fraction of sp³-hybridized carbons (Fsp3) is 0.304. The zero-order chi connectivity index (χ0) is 21.0. The third-order valence-electron chi connectivity index (χ3n) is 5.00. The molecule has 1 aromatic carbocycles. The van der Waals surface area contributed by atoms with Gasteiger partial charge in [-0.1, -0.05) is 12.1 Å². The molecule has 7 nitrogen and oxygen atoms in total. The Morgan fingerprint density at radius 1 is 1.23 bits per heavy atom. The topological polar surface area (TPSA) is 80.3 Å². The van der Waals surface area contributed by atoms with E-state index in [4.69, 9.17) is 11.2 Å². The number of nitrogens with one attached hydrogen (secondary N) is 1. The Balaban J connectivity index is 1.30. The number of rotatable bonds is 9. The van der Waals surface area contributed by atoms with Crippen LogP contribution in [0.3, 0.4) is 0 Å². The Labute approximate surface area is 175 Å². The maximum atomic E-state index is 12.5. The normalized spacial score (nSPS) is 13.7. The molecule has 0 bridgehead atoms. The lowest BCUT2D eigenvalue weighted by Crippen LogP contribution is -2.28. The first-order chi connectivity index (χ1) is 14.6. The van der Waals surface area contributed by atoms with E-state index in [9.17, 15) is 4.79 Å². The number of carbonyl (C=O) groups excluding carboxylic acids is 1. The molecule has 0 saturated heterocycles. The van der Waals surface area contributed by atoms with Crippen molar-refractivity contribution in [2.75, 3.05) is 6.54 Å². The molecule has 0 saturated carbocycles. The van der Waals surface area contributed by atoms with Gasteiger partial charge < -0.3 is 14.5 Å². The maximum absolute atomic E-state index is 12.5. The summed E-state index contributed by atoms with van der Waals surface area (Å²) in [6.45, 7) is 2.85. The van der Waals surface area contributed by atoms with Gasteiger partial charge in [0, 0.05) is 43.8 Å². The number of imidazole rings is 1. The molecule has 2 aromatic heterocycles. The van der Waals surface area contributed by atoms with Gasteiger partial charge in [-0.2, -0.15) is 10.2 Å². The third kappa shape index (κ3) is 4.66. The lowest BCUT2D eigenvalue weighted by molar-refractivity contribution is 0.0951. The Morgan fingerprint density at radius 3 is 2.90 bits per heavy atom. The fourth-order valence-electron chi connectivity index (χ4n) is 3.26. The van der Waals surface area contributed by atoms with Crippen LogP contribution in [0, 0.1) is 19.3 Å².